The lowest BCUT2D eigenvalue weighted by atomic mass is 10.1. The van der Waals surface area contributed by atoms with E-state index in [4.69, 9.17) is 21.0 Å². The van der Waals surface area contributed by atoms with Crippen LogP contribution in [0, 0.1) is 11.7 Å². The van der Waals surface area contributed by atoms with Gasteiger partial charge in [-0.15, -0.1) is 0 Å². The molecule has 0 radical (unpaired) electrons. The first-order chi connectivity index (χ1) is 16.3. The number of carbonyl (C=O) groups excluding carboxylic acids is 1. The molecular formula is C26H25ClFN3O3. The van der Waals surface area contributed by atoms with E-state index in [1.807, 2.05) is 20.8 Å². The van der Waals surface area contributed by atoms with E-state index in [9.17, 15) is 14.0 Å². The highest BCUT2D eigenvalue weighted by atomic mass is 35.5. The van der Waals surface area contributed by atoms with Crippen LogP contribution in [0.2, 0.25) is 5.02 Å². The smallest absolute Gasteiger partial charge is 0.290 e. The fraction of sp³-hybridized carbons (Fsp3) is 0.269. The van der Waals surface area contributed by atoms with Crippen LogP contribution in [0.3, 0.4) is 0 Å². The first-order valence-electron chi connectivity index (χ1n) is 11.1. The van der Waals surface area contributed by atoms with Crippen LogP contribution >= 0.6 is 11.6 Å². The normalized spacial score (nSPS) is 12.3. The van der Waals surface area contributed by atoms with Crippen LogP contribution in [-0.4, -0.2) is 26.9 Å². The van der Waals surface area contributed by atoms with Gasteiger partial charge in [0.2, 0.25) is 0 Å². The van der Waals surface area contributed by atoms with Gasteiger partial charge in [0, 0.05) is 6.54 Å². The molecule has 0 N–H and O–H groups in total. The number of para-hydroxylation sites is 1. The summed E-state index contributed by atoms with van der Waals surface area (Å²) in [4.78, 5) is 33.6. The molecule has 6 nitrogen and oxygen atoms in total. The highest BCUT2D eigenvalue weighted by molar-refractivity contribution is 6.30. The van der Waals surface area contributed by atoms with Crippen molar-refractivity contribution in [3.63, 3.8) is 0 Å². The molecule has 0 saturated heterocycles. The Kier molecular flexibility index (Phi) is 6.84. The summed E-state index contributed by atoms with van der Waals surface area (Å²) < 4.78 is 20.7. The fourth-order valence-corrected chi connectivity index (χ4v) is 4.25. The maximum atomic E-state index is 13.9. The minimum atomic E-state index is -0.588. The molecule has 0 aliphatic carbocycles. The molecule has 0 bridgehead atoms. The molecule has 2 aromatic carbocycles. The second-order valence-electron chi connectivity index (χ2n) is 8.48. The van der Waals surface area contributed by atoms with Gasteiger partial charge in [-0.2, -0.15) is 0 Å². The summed E-state index contributed by atoms with van der Waals surface area (Å²) >= 11 is 6.06. The Morgan fingerprint density at radius 3 is 2.59 bits per heavy atom. The molecule has 1 unspecified atom stereocenters. The number of aromatic nitrogens is 2. The average molecular weight is 482 g/mol. The van der Waals surface area contributed by atoms with Crippen molar-refractivity contribution in [3.8, 4) is 5.69 Å². The quantitative estimate of drug-likeness (QED) is 0.323. The zero-order valence-corrected chi connectivity index (χ0v) is 19.9. The Morgan fingerprint density at radius 2 is 1.94 bits per heavy atom. The summed E-state index contributed by atoms with van der Waals surface area (Å²) in [6.07, 6.45) is 1.94. The molecule has 4 rings (SSSR count). The molecular weight excluding hydrogens is 457 g/mol. The second kappa shape index (κ2) is 9.81. The number of furan rings is 1. The number of amides is 1. The molecule has 0 saturated carbocycles. The standard InChI is InChI=1S/C26H25ClFN3O3/c1-4-22(30(15-16(2)3)26(33)23-10-7-13-34-23)24-29-21-9-6-5-8-18(21)25(32)31(24)17-11-12-20(28)19(27)14-17/h5-14,16,22H,4,15H2,1-3H3. The molecule has 2 aromatic heterocycles. The number of carbonyl (C=O) groups is 1. The predicted molar refractivity (Wildman–Crippen MR) is 130 cm³/mol. The predicted octanol–water partition coefficient (Wildman–Crippen LogP) is 6.02. The van der Waals surface area contributed by atoms with Gasteiger partial charge in [0.25, 0.3) is 11.5 Å². The lowest BCUT2D eigenvalue weighted by molar-refractivity contribution is 0.0598. The van der Waals surface area contributed by atoms with Crippen molar-refractivity contribution >= 4 is 28.4 Å². The summed E-state index contributed by atoms with van der Waals surface area (Å²) in [6, 6.07) is 13.8. The van der Waals surface area contributed by atoms with E-state index in [0.29, 0.717) is 35.4 Å². The monoisotopic (exact) mass is 481 g/mol. The highest BCUT2D eigenvalue weighted by Crippen LogP contribution is 2.29. The van der Waals surface area contributed by atoms with E-state index < -0.39 is 11.9 Å². The van der Waals surface area contributed by atoms with Crippen LogP contribution in [0.1, 0.15) is 49.6 Å². The van der Waals surface area contributed by atoms with Gasteiger partial charge in [0.05, 0.1) is 33.9 Å². The second-order valence-corrected chi connectivity index (χ2v) is 8.89. The number of benzene rings is 2. The summed E-state index contributed by atoms with van der Waals surface area (Å²) in [5.41, 5.74) is 0.565. The molecule has 1 atom stereocenters. The molecule has 8 heteroatoms. The van der Waals surface area contributed by atoms with Crippen LogP contribution in [0.5, 0.6) is 0 Å². The van der Waals surface area contributed by atoms with Crippen LogP contribution in [0.4, 0.5) is 4.39 Å². The maximum Gasteiger partial charge on any atom is 0.290 e. The SMILES string of the molecule is CCC(c1nc2ccccc2c(=O)n1-c1ccc(F)c(Cl)c1)N(CC(C)C)C(=O)c1ccco1. The lowest BCUT2D eigenvalue weighted by Crippen LogP contribution is -2.40. The minimum Gasteiger partial charge on any atom is -0.459 e. The molecule has 0 aliphatic rings. The van der Waals surface area contributed by atoms with Gasteiger partial charge >= 0.3 is 0 Å². The first kappa shape index (κ1) is 23.7. The van der Waals surface area contributed by atoms with Crippen LogP contribution < -0.4 is 5.56 Å². The largest absolute Gasteiger partial charge is 0.459 e. The molecule has 4 aromatic rings. The number of nitrogens with zero attached hydrogens (tertiary/aromatic N) is 3. The van der Waals surface area contributed by atoms with Gasteiger partial charge in [0.1, 0.15) is 11.6 Å². The Labute approximate surface area is 201 Å². The van der Waals surface area contributed by atoms with Gasteiger partial charge < -0.3 is 9.32 Å². The van der Waals surface area contributed by atoms with Crippen molar-refractivity contribution in [1.82, 2.24) is 14.5 Å². The van der Waals surface area contributed by atoms with Crippen LogP contribution in [0.25, 0.3) is 16.6 Å². The van der Waals surface area contributed by atoms with Crippen molar-refractivity contribution in [2.75, 3.05) is 6.54 Å². The van der Waals surface area contributed by atoms with Crippen LogP contribution in [-0.2, 0) is 0 Å². The van der Waals surface area contributed by atoms with E-state index in [0.717, 1.165) is 0 Å². The molecule has 0 spiro atoms. The molecule has 0 aliphatic heterocycles. The molecule has 2 heterocycles. The van der Waals surface area contributed by atoms with E-state index in [1.54, 1.807) is 41.3 Å². The van der Waals surface area contributed by atoms with E-state index in [2.05, 4.69) is 0 Å². The Morgan fingerprint density at radius 1 is 1.18 bits per heavy atom. The Balaban J connectivity index is 1.98. The number of hydrogen-bond donors (Lipinski definition) is 0. The van der Waals surface area contributed by atoms with Gasteiger partial charge in [0.15, 0.2) is 5.76 Å². The highest BCUT2D eigenvalue weighted by Gasteiger charge is 2.31. The van der Waals surface area contributed by atoms with Crippen LogP contribution in [0.15, 0.2) is 70.1 Å². The molecule has 34 heavy (non-hydrogen) atoms. The molecule has 1 amide bonds. The van der Waals surface area contributed by atoms with E-state index >= 15 is 0 Å². The topological polar surface area (TPSA) is 68.3 Å². The third-order valence-corrected chi connectivity index (χ3v) is 5.87. The number of halogens is 2. The zero-order valence-electron chi connectivity index (χ0n) is 19.2. The number of fused-ring (bicyclic) bond motifs is 1. The van der Waals surface area contributed by atoms with E-state index in [-0.39, 0.29) is 28.2 Å². The van der Waals surface area contributed by atoms with Gasteiger partial charge in [-0.05, 0) is 54.8 Å². The van der Waals surface area contributed by atoms with Crippen molar-refractivity contribution in [2.24, 2.45) is 5.92 Å². The maximum absolute atomic E-state index is 13.9. The van der Waals surface area contributed by atoms with Crippen molar-refractivity contribution in [2.45, 2.75) is 33.2 Å². The van der Waals surface area contributed by atoms with Gasteiger partial charge in [-0.3, -0.25) is 14.2 Å². The molecule has 0 fully saturated rings. The summed E-state index contributed by atoms with van der Waals surface area (Å²) in [6.45, 7) is 6.37. The Hall–Kier alpha value is -3.45. The Bertz CT molecular complexity index is 1380. The average Bonchev–Trinajstić information content (AvgIpc) is 3.35. The summed E-state index contributed by atoms with van der Waals surface area (Å²) in [5, 5.41) is 0.302. The molecule has 176 valence electrons. The summed E-state index contributed by atoms with van der Waals surface area (Å²) in [7, 11) is 0. The number of rotatable bonds is 7. The van der Waals surface area contributed by atoms with Crippen molar-refractivity contribution in [1.29, 1.82) is 0 Å². The third-order valence-electron chi connectivity index (χ3n) is 5.58. The fourth-order valence-electron chi connectivity index (χ4n) is 4.08. The minimum absolute atomic E-state index is 0.109. The number of hydrogen-bond acceptors (Lipinski definition) is 4. The third kappa shape index (κ3) is 4.48. The van der Waals surface area contributed by atoms with Gasteiger partial charge in [-0.1, -0.05) is 44.5 Å². The van der Waals surface area contributed by atoms with Crippen molar-refractivity contribution in [3.05, 3.63) is 93.6 Å². The van der Waals surface area contributed by atoms with E-state index in [1.165, 1.54) is 29.0 Å². The first-order valence-corrected chi connectivity index (χ1v) is 11.5. The lowest BCUT2D eigenvalue weighted by Gasteiger charge is -2.33. The summed E-state index contributed by atoms with van der Waals surface area (Å²) in [5.74, 6) is -0.159. The van der Waals surface area contributed by atoms with Gasteiger partial charge in [-0.25, -0.2) is 9.37 Å². The zero-order chi connectivity index (χ0) is 24.4. The van der Waals surface area contributed by atoms with Crippen molar-refractivity contribution < 1.29 is 13.6 Å².